The normalized spacial score (nSPS) is 8.62. The van der Waals surface area contributed by atoms with Crippen LogP contribution in [0, 0.1) is 11.3 Å². The molecule has 0 radical (unpaired) electrons. The summed E-state index contributed by atoms with van der Waals surface area (Å²) in [5.74, 6) is -0.616. The maximum absolute atomic E-state index is 10.4. The van der Waals surface area contributed by atoms with Gasteiger partial charge in [0, 0.05) is 13.1 Å². The molecule has 66 valence electrons. The average molecular weight is 178 g/mol. The highest BCUT2D eigenvalue weighted by Gasteiger charge is 2.05. The predicted molar refractivity (Wildman–Crippen MR) is 41.3 cm³/mol. The van der Waals surface area contributed by atoms with Crippen LogP contribution in [0.2, 0.25) is 0 Å². The van der Waals surface area contributed by atoms with Gasteiger partial charge in [0.15, 0.2) is 0 Å². The summed E-state index contributed by atoms with van der Waals surface area (Å²) in [6.07, 6.45) is 1.43. The Morgan fingerprint density at radius 2 is 2.46 bits per heavy atom. The van der Waals surface area contributed by atoms with E-state index in [1.54, 1.807) is 6.07 Å². The van der Waals surface area contributed by atoms with E-state index in [9.17, 15) is 4.79 Å². The molecule has 0 aliphatic rings. The Bertz CT molecular complexity index is 357. The molecule has 0 aromatic carbocycles. The fourth-order valence-electron chi connectivity index (χ4n) is 0.640. The lowest BCUT2D eigenvalue weighted by atomic mass is 10.3. The van der Waals surface area contributed by atoms with Gasteiger partial charge in [-0.05, 0) is 12.1 Å². The van der Waals surface area contributed by atoms with Crippen LogP contribution in [0.5, 0.6) is 5.88 Å². The van der Waals surface area contributed by atoms with Crippen LogP contribution in [0.4, 0.5) is 0 Å². The summed E-state index contributed by atoms with van der Waals surface area (Å²) in [5.41, 5.74) is 0.212. The third-order valence-electron chi connectivity index (χ3n) is 1.13. The van der Waals surface area contributed by atoms with E-state index >= 15 is 0 Å². The van der Waals surface area contributed by atoms with Gasteiger partial charge in [0.25, 0.3) is 5.88 Å². The maximum atomic E-state index is 10.4. The molecule has 13 heavy (non-hydrogen) atoms. The SMILES string of the molecule is CC(=O)OOc1ncccc1C#N. The lowest BCUT2D eigenvalue weighted by Crippen LogP contribution is -2.05. The van der Waals surface area contributed by atoms with Gasteiger partial charge < -0.3 is 0 Å². The zero-order valence-corrected chi connectivity index (χ0v) is 6.85. The van der Waals surface area contributed by atoms with Gasteiger partial charge in [-0.2, -0.15) is 5.26 Å². The van der Waals surface area contributed by atoms with E-state index in [0.717, 1.165) is 0 Å². The summed E-state index contributed by atoms with van der Waals surface area (Å²) in [4.78, 5) is 22.8. The average Bonchev–Trinajstić information content (AvgIpc) is 2.15. The van der Waals surface area contributed by atoms with Gasteiger partial charge in [0.05, 0.1) is 0 Å². The topological polar surface area (TPSA) is 72.2 Å². The van der Waals surface area contributed by atoms with Crippen molar-refractivity contribution in [3.63, 3.8) is 0 Å². The number of nitriles is 1. The van der Waals surface area contributed by atoms with Gasteiger partial charge in [0.1, 0.15) is 11.6 Å². The Morgan fingerprint density at radius 3 is 3.08 bits per heavy atom. The first kappa shape index (κ1) is 9.00. The largest absolute Gasteiger partial charge is 0.352 e. The van der Waals surface area contributed by atoms with Gasteiger partial charge in [0.2, 0.25) is 0 Å². The molecule has 0 amide bonds. The smallest absolute Gasteiger partial charge is 0.265 e. The van der Waals surface area contributed by atoms with Crippen LogP contribution in [-0.4, -0.2) is 11.0 Å². The zero-order chi connectivity index (χ0) is 9.68. The monoisotopic (exact) mass is 178 g/mol. The van der Waals surface area contributed by atoms with Crippen LogP contribution in [-0.2, 0) is 9.68 Å². The molecule has 5 nitrogen and oxygen atoms in total. The minimum absolute atomic E-state index is 0.0137. The number of pyridine rings is 1. The first-order valence-corrected chi connectivity index (χ1v) is 3.44. The second kappa shape index (κ2) is 4.07. The molecular weight excluding hydrogens is 172 g/mol. The van der Waals surface area contributed by atoms with Crippen molar-refractivity contribution in [2.45, 2.75) is 6.92 Å². The van der Waals surface area contributed by atoms with Crippen LogP contribution in [0.3, 0.4) is 0 Å². The van der Waals surface area contributed by atoms with Gasteiger partial charge >= 0.3 is 5.97 Å². The van der Waals surface area contributed by atoms with Crippen molar-refractivity contribution < 1.29 is 14.6 Å². The molecule has 1 rings (SSSR count). The Morgan fingerprint density at radius 1 is 1.69 bits per heavy atom. The van der Waals surface area contributed by atoms with Crippen LogP contribution < -0.4 is 4.89 Å². The highest BCUT2D eigenvalue weighted by molar-refractivity contribution is 5.65. The van der Waals surface area contributed by atoms with Crippen molar-refractivity contribution in [1.29, 1.82) is 5.26 Å². The summed E-state index contributed by atoms with van der Waals surface area (Å²) in [6.45, 7) is 1.19. The first-order valence-electron chi connectivity index (χ1n) is 3.44. The third kappa shape index (κ3) is 2.45. The third-order valence-corrected chi connectivity index (χ3v) is 1.13. The number of hydrogen-bond acceptors (Lipinski definition) is 5. The number of carbonyl (C=O) groups excluding carboxylic acids is 1. The van der Waals surface area contributed by atoms with Crippen LogP contribution in [0.15, 0.2) is 18.3 Å². The van der Waals surface area contributed by atoms with Crippen LogP contribution in [0.1, 0.15) is 12.5 Å². The molecule has 1 aromatic heterocycles. The highest BCUT2D eigenvalue weighted by atomic mass is 17.2. The quantitative estimate of drug-likeness (QED) is 0.495. The van der Waals surface area contributed by atoms with E-state index < -0.39 is 5.97 Å². The zero-order valence-electron chi connectivity index (χ0n) is 6.85. The number of nitrogens with zero attached hydrogens (tertiary/aromatic N) is 2. The van der Waals surface area contributed by atoms with Crippen LogP contribution in [0.25, 0.3) is 0 Å². The molecule has 0 unspecified atom stereocenters. The molecule has 0 saturated carbocycles. The molecular formula is C8H6N2O3. The molecule has 1 aromatic rings. The van der Waals surface area contributed by atoms with Crippen molar-refractivity contribution >= 4 is 5.97 Å². The number of aromatic nitrogens is 1. The van der Waals surface area contributed by atoms with Crippen molar-refractivity contribution in [2.24, 2.45) is 0 Å². The van der Waals surface area contributed by atoms with Crippen LogP contribution >= 0.6 is 0 Å². The summed E-state index contributed by atoms with van der Waals surface area (Å²) < 4.78 is 0. The molecule has 1 heterocycles. The van der Waals surface area contributed by atoms with Crippen molar-refractivity contribution in [3.8, 4) is 11.9 Å². The van der Waals surface area contributed by atoms with Gasteiger partial charge in [-0.1, -0.05) is 0 Å². The molecule has 0 spiro atoms. The summed E-state index contributed by atoms with van der Waals surface area (Å²) in [7, 11) is 0. The number of rotatable bonds is 2. The van der Waals surface area contributed by atoms with E-state index in [0.29, 0.717) is 0 Å². The van der Waals surface area contributed by atoms with Crippen molar-refractivity contribution in [2.75, 3.05) is 0 Å². The molecule has 0 saturated heterocycles. The predicted octanol–water partition coefficient (Wildman–Crippen LogP) is 0.810. The molecule has 0 fully saturated rings. The minimum Gasteiger partial charge on any atom is -0.265 e. The fraction of sp³-hybridized carbons (Fsp3) is 0.125. The molecule has 0 aliphatic heterocycles. The maximum Gasteiger partial charge on any atom is 0.352 e. The van der Waals surface area contributed by atoms with E-state index in [4.69, 9.17) is 5.26 Å². The van der Waals surface area contributed by atoms with E-state index in [1.807, 2.05) is 6.07 Å². The second-order valence-electron chi connectivity index (χ2n) is 2.13. The molecule has 0 atom stereocenters. The Hall–Kier alpha value is -2.09. The van der Waals surface area contributed by atoms with Gasteiger partial charge in [-0.15, -0.1) is 0 Å². The molecule has 0 aliphatic carbocycles. The van der Waals surface area contributed by atoms with Gasteiger partial charge in [-0.25, -0.2) is 14.7 Å². The Balaban J connectivity index is 2.77. The Labute approximate surface area is 74.5 Å². The summed E-state index contributed by atoms with van der Waals surface area (Å²) in [6, 6.07) is 4.93. The summed E-state index contributed by atoms with van der Waals surface area (Å²) in [5, 5.41) is 8.57. The first-order chi connectivity index (χ1) is 6.24. The van der Waals surface area contributed by atoms with Gasteiger partial charge in [-0.3, -0.25) is 4.89 Å². The second-order valence-corrected chi connectivity index (χ2v) is 2.13. The number of hydrogen-bond donors (Lipinski definition) is 0. The molecule has 0 N–H and O–H groups in total. The number of carbonyl (C=O) groups is 1. The molecule has 0 bridgehead atoms. The van der Waals surface area contributed by atoms with E-state index in [-0.39, 0.29) is 11.4 Å². The fourth-order valence-corrected chi connectivity index (χ4v) is 0.640. The van der Waals surface area contributed by atoms with E-state index in [2.05, 4.69) is 14.8 Å². The van der Waals surface area contributed by atoms with Crippen molar-refractivity contribution in [1.82, 2.24) is 4.98 Å². The summed E-state index contributed by atoms with van der Waals surface area (Å²) >= 11 is 0. The molecule has 5 heteroatoms. The van der Waals surface area contributed by atoms with E-state index in [1.165, 1.54) is 19.2 Å². The lowest BCUT2D eigenvalue weighted by molar-refractivity contribution is -0.212. The lowest BCUT2D eigenvalue weighted by Gasteiger charge is -2.01. The van der Waals surface area contributed by atoms with Crippen molar-refractivity contribution in [3.05, 3.63) is 23.9 Å². The Kier molecular flexibility index (Phi) is 2.82. The standard InChI is InChI=1S/C8H6N2O3/c1-6(11)12-13-8-7(5-9)3-2-4-10-8/h2-4H,1H3. The minimum atomic E-state index is -0.602. The highest BCUT2D eigenvalue weighted by Crippen LogP contribution is 2.12.